The van der Waals surface area contributed by atoms with Crippen LogP contribution >= 0.6 is 11.5 Å². The van der Waals surface area contributed by atoms with E-state index in [0.717, 1.165) is 5.52 Å². The fraction of sp³-hybridized carbons (Fsp3) is 0.364. The molecule has 3 heteroatoms. The Kier molecular flexibility index (Phi) is 1.91. The first-order valence-corrected chi connectivity index (χ1v) is 5.86. The van der Waals surface area contributed by atoms with Gasteiger partial charge in [-0.3, -0.25) is 0 Å². The van der Waals surface area contributed by atoms with Gasteiger partial charge in [0.15, 0.2) is 0 Å². The molecule has 0 unspecified atom stereocenters. The molecule has 2 heterocycles. The van der Waals surface area contributed by atoms with Gasteiger partial charge in [-0.05, 0) is 42.6 Å². The highest BCUT2D eigenvalue weighted by molar-refractivity contribution is 7.04. The minimum atomic E-state index is 1.14. The van der Waals surface area contributed by atoms with Crippen molar-refractivity contribution in [2.24, 2.45) is 0 Å². The maximum absolute atomic E-state index is 4.37. The molecular weight excluding hydrogens is 192 g/mol. The number of nitrogens with zero attached hydrogens (tertiary/aromatic N) is 2. The number of hydrogen-bond donors (Lipinski definition) is 0. The highest BCUT2D eigenvalue weighted by Crippen LogP contribution is 2.25. The van der Waals surface area contributed by atoms with Crippen molar-refractivity contribution in [1.82, 2.24) is 4.37 Å². The Morgan fingerprint density at radius 3 is 2.93 bits per heavy atom. The van der Waals surface area contributed by atoms with Gasteiger partial charge < -0.3 is 4.90 Å². The molecule has 72 valence electrons. The molecule has 1 aromatic heterocycles. The summed E-state index contributed by atoms with van der Waals surface area (Å²) in [6.45, 7) is 2.41. The Bertz CT molecular complexity index is 443. The molecule has 0 N–H and O–H groups in total. The lowest BCUT2D eigenvalue weighted by molar-refractivity contribution is 0.949. The number of rotatable bonds is 1. The molecule has 0 amide bonds. The van der Waals surface area contributed by atoms with E-state index in [0.29, 0.717) is 0 Å². The van der Waals surface area contributed by atoms with Crippen molar-refractivity contribution in [3.8, 4) is 0 Å². The molecule has 1 saturated heterocycles. The lowest BCUT2D eigenvalue weighted by Crippen LogP contribution is -2.17. The normalized spacial score (nSPS) is 16.7. The fourth-order valence-electron chi connectivity index (χ4n) is 2.02. The van der Waals surface area contributed by atoms with E-state index in [2.05, 4.69) is 32.9 Å². The van der Waals surface area contributed by atoms with Gasteiger partial charge in [0.2, 0.25) is 0 Å². The third kappa shape index (κ3) is 1.28. The van der Waals surface area contributed by atoms with E-state index in [9.17, 15) is 0 Å². The van der Waals surface area contributed by atoms with Gasteiger partial charge in [0, 0.05) is 29.5 Å². The molecule has 0 radical (unpaired) electrons. The number of fused-ring (bicyclic) bond motifs is 1. The summed E-state index contributed by atoms with van der Waals surface area (Å²) in [6.07, 6.45) is 2.66. The van der Waals surface area contributed by atoms with Crippen LogP contribution in [0.4, 0.5) is 5.69 Å². The maximum atomic E-state index is 4.37. The second-order valence-corrected chi connectivity index (χ2v) is 4.38. The van der Waals surface area contributed by atoms with Crippen molar-refractivity contribution in [2.45, 2.75) is 12.8 Å². The predicted molar refractivity (Wildman–Crippen MR) is 61.1 cm³/mol. The van der Waals surface area contributed by atoms with Crippen LogP contribution in [-0.2, 0) is 0 Å². The highest BCUT2D eigenvalue weighted by Gasteiger charge is 2.12. The fourth-order valence-corrected chi connectivity index (χ4v) is 2.66. The topological polar surface area (TPSA) is 16.1 Å². The van der Waals surface area contributed by atoms with Crippen molar-refractivity contribution < 1.29 is 0 Å². The Morgan fingerprint density at radius 1 is 1.21 bits per heavy atom. The van der Waals surface area contributed by atoms with E-state index in [1.807, 2.05) is 0 Å². The van der Waals surface area contributed by atoms with Crippen LogP contribution < -0.4 is 4.90 Å². The maximum Gasteiger partial charge on any atom is 0.0861 e. The van der Waals surface area contributed by atoms with Crippen LogP contribution in [0.2, 0.25) is 0 Å². The van der Waals surface area contributed by atoms with Crippen LogP contribution in [-0.4, -0.2) is 17.5 Å². The van der Waals surface area contributed by atoms with Crippen molar-refractivity contribution in [2.75, 3.05) is 18.0 Å². The SMILES string of the molecule is c1cc2csnc2cc1N1CCCC1. The molecule has 0 aliphatic carbocycles. The smallest absolute Gasteiger partial charge is 0.0861 e. The van der Waals surface area contributed by atoms with E-state index in [-0.39, 0.29) is 0 Å². The zero-order valence-corrected chi connectivity index (χ0v) is 8.76. The second kappa shape index (κ2) is 3.24. The molecule has 0 bridgehead atoms. The first-order valence-electron chi connectivity index (χ1n) is 5.02. The molecule has 0 saturated carbocycles. The molecule has 1 fully saturated rings. The minimum absolute atomic E-state index is 1.14. The second-order valence-electron chi connectivity index (χ2n) is 3.75. The van der Waals surface area contributed by atoms with E-state index >= 15 is 0 Å². The van der Waals surface area contributed by atoms with Gasteiger partial charge in [-0.1, -0.05) is 0 Å². The van der Waals surface area contributed by atoms with Gasteiger partial charge in [-0.25, -0.2) is 0 Å². The average Bonchev–Trinajstić information content (AvgIpc) is 2.88. The third-order valence-corrected chi connectivity index (χ3v) is 3.48. The number of anilines is 1. The van der Waals surface area contributed by atoms with Crippen molar-refractivity contribution >= 4 is 28.1 Å². The average molecular weight is 204 g/mol. The summed E-state index contributed by atoms with van der Waals surface area (Å²) in [4.78, 5) is 2.44. The first-order chi connectivity index (χ1) is 6.93. The van der Waals surface area contributed by atoms with Gasteiger partial charge in [-0.15, -0.1) is 0 Å². The molecule has 14 heavy (non-hydrogen) atoms. The predicted octanol–water partition coefficient (Wildman–Crippen LogP) is 2.90. The molecule has 0 atom stereocenters. The van der Waals surface area contributed by atoms with Crippen molar-refractivity contribution in [3.05, 3.63) is 23.6 Å². The Morgan fingerprint density at radius 2 is 2.07 bits per heavy atom. The molecule has 2 nitrogen and oxygen atoms in total. The molecule has 1 aliphatic heterocycles. The van der Waals surface area contributed by atoms with Crippen molar-refractivity contribution in [3.63, 3.8) is 0 Å². The molecular formula is C11H12N2S. The van der Waals surface area contributed by atoms with Crippen LogP contribution in [0.5, 0.6) is 0 Å². The summed E-state index contributed by atoms with van der Waals surface area (Å²) < 4.78 is 4.37. The van der Waals surface area contributed by atoms with E-state index in [1.165, 1.54) is 48.5 Å². The molecule has 2 aromatic rings. The first kappa shape index (κ1) is 8.24. The van der Waals surface area contributed by atoms with Crippen LogP contribution in [0.3, 0.4) is 0 Å². The Labute approximate surface area is 87.3 Å². The van der Waals surface area contributed by atoms with E-state index < -0.39 is 0 Å². The highest BCUT2D eigenvalue weighted by atomic mass is 32.1. The lowest BCUT2D eigenvalue weighted by Gasteiger charge is -2.16. The van der Waals surface area contributed by atoms with Gasteiger partial charge in [0.25, 0.3) is 0 Å². The number of benzene rings is 1. The minimum Gasteiger partial charge on any atom is -0.371 e. The Balaban J connectivity index is 2.04. The quantitative estimate of drug-likeness (QED) is 0.710. The van der Waals surface area contributed by atoms with E-state index in [1.54, 1.807) is 0 Å². The summed E-state index contributed by atoms with van der Waals surface area (Å²) in [5.74, 6) is 0. The largest absolute Gasteiger partial charge is 0.371 e. The summed E-state index contributed by atoms with van der Waals surface area (Å²) in [5, 5.41) is 3.36. The third-order valence-electron chi connectivity index (χ3n) is 2.82. The molecule has 0 spiro atoms. The lowest BCUT2D eigenvalue weighted by atomic mass is 10.2. The van der Waals surface area contributed by atoms with Crippen LogP contribution in [0, 0.1) is 0 Å². The van der Waals surface area contributed by atoms with Gasteiger partial charge in [0.05, 0.1) is 5.52 Å². The molecule has 1 aliphatic rings. The summed E-state index contributed by atoms with van der Waals surface area (Å²) in [6, 6.07) is 6.59. The monoisotopic (exact) mass is 204 g/mol. The molecule has 3 rings (SSSR count). The van der Waals surface area contributed by atoms with Gasteiger partial charge in [0.1, 0.15) is 0 Å². The number of aromatic nitrogens is 1. The zero-order chi connectivity index (χ0) is 9.38. The van der Waals surface area contributed by atoms with Gasteiger partial charge >= 0.3 is 0 Å². The standard InChI is InChI=1S/C11H12N2S/c1-2-6-13(5-1)10-4-3-9-8-14-12-11(9)7-10/h3-4,7-8H,1-2,5-6H2. The van der Waals surface area contributed by atoms with E-state index in [4.69, 9.17) is 0 Å². The van der Waals surface area contributed by atoms with Crippen molar-refractivity contribution in [1.29, 1.82) is 0 Å². The summed E-state index contributed by atoms with van der Waals surface area (Å²) in [7, 11) is 0. The Hall–Kier alpha value is -1.09. The van der Waals surface area contributed by atoms with Crippen LogP contribution in [0.15, 0.2) is 23.6 Å². The van der Waals surface area contributed by atoms with Crippen LogP contribution in [0.1, 0.15) is 12.8 Å². The number of hydrogen-bond acceptors (Lipinski definition) is 3. The van der Waals surface area contributed by atoms with Crippen LogP contribution in [0.25, 0.3) is 10.9 Å². The summed E-state index contributed by atoms with van der Waals surface area (Å²) in [5.41, 5.74) is 2.47. The van der Waals surface area contributed by atoms with Gasteiger partial charge in [-0.2, -0.15) is 4.37 Å². The molecule has 1 aromatic carbocycles. The zero-order valence-electron chi connectivity index (χ0n) is 7.94. The summed E-state index contributed by atoms with van der Waals surface area (Å²) >= 11 is 1.54.